The molecule has 78 valence electrons. The third kappa shape index (κ3) is 2.21. The molecule has 14 heavy (non-hydrogen) atoms. The molecule has 0 aliphatic rings. The number of alkyl halides is 3. The summed E-state index contributed by atoms with van der Waals surface area (Å²) in [5, 5.41) is 0. The van der Waals surface area contributed by atoms with E-state index in [1.165, 1.54) is 0 Å². The molecule has 0 atom stereocenters. The Balaban J connectivity index is 3.21. The SMILES string of the molecule is NNCc1c(F)cccc1C(F)(F)F. The van der Waals surface area contributed by atoms with Crippen LogP contribution in [0.4, 0.5) is 17.6 Å². The van der Waals surface area contributed by atoms with Gasteiger partial charge >= 0.3 is 6.18 Å². The minimum Gasteiger partial charge on any atom is -0.271 e. The zero-order valence-corrected chi connectivity index (χ0v) is 7.03. The molecule has 0 radical (unpaired) electrons. The van der Waals surface area contributed by atoms with E-state index < -0.39 is 23.1 Å². The molecule has 1 rings (SSSR count). The van der Waals surface area contributed by atoms with Crippen molar-refractivity contribution in [2.75, 3.05) is 0 Å². The van der Waals surface area contributed by atoms with Crippen LogP contribution in [0.1, 0.15) is 11.1 Å². The summed E-state index contributed by atoms with van der Waals surface area (Å²) in [7, 11) is 0. The lowest BCUT2D eigenvalue weighted by Gasteiger charge is -2.12. The van der Waals surface area contributed by atoms with Crippen molar-refractivity contribution in [3.63, 3.8) is 0 Å². The van der Waals surface area contributed by atoms with Gasteiger partial charge in [-0.2, -0.15) is 13.2 Å². The summed E-state index contributed by atoms with van der Waals surface area (Å²) in [5.74, 6) is 3.94. The molecule has 0 saturated heterocycles. The molecule has 0 spiro atoms. The zero-order valence-electron chi connectivity index (χ0n) is 7.03. The molecule has 0 unspecified atom stereocenters. The van der Waals surface area contributed by atoms with Gasteiger partial charge in [-0.05, 0) is 12.1 Å². The van der Waals surface area contributed by atoms with E-state index in [0.29, 0.717) is 0 Å². The molecule has 0 aliphatic carbocycles. The second kappa shape index (κ2) is 3.93. The van der Waals surface area contributed by atoms with Crippen molar-refractivity contribution in [3.8, 4) is 0 Å². The van der Waals surface area contributed by atoms with Crippen LogP contribution < -0.4 is 11.3 Å². The monoisotopic (exact) mass is 208 g/mol. The van der Waals surface area contributed by atoms with Crippen molar-refractivity contribution < 1.29 is 17.6 Å². The quantitative estimate of drug-likeness (QED) is 0.442. The molecule has 1 aromatic rings. The van der Waals surface area contributed by atoms with E-state index in [4.69, 9.17) is 5.84 Å². The van der Waals surface area contributed by atoms with E-state index >= 15 is 0 Å². The lowest BCUT2D eigenvalue weighted by Crippen LogP contribution is -2.24. The van der Waals surface area contributed by atoms with E-state index in [9.17, 15) is 17.6 Å². The van der Waals surface area contributed by atoms with Crippen molar-refractivity contribution in [1.82, 2.24) is 5.43 Å². The van der Waals surface area contributed by atoms with Crippen LogP contribution in [0.15, 0.2) is 18.2 Å². The molecular weight excluding hydrogens is 200 g/mol. The summed E-state index contributed by atoms with van der Waals surface area (Å²) in [6.07, 6.45) is -4.56. The van der Waals surface area contributed by atoms with Crippen LogP contribution >= 0.6 is 0 Å². The highest BCUT2D eigenvalue weighted by molar-refractivity contribution is 5.30. The second-order valence-electron chi connectivity index (χ2n) is 2.64. The summed E-state index contributed by atoms with van der Waals surface area (Å²) in [6.45, 7) is -0.360. The summed E-state index contributed by atoms with van der Waals surface area (Å²) in [5.41, 5.74) is 0.523. The number of hydrazine groups is 1. The summed E-state index contributed by atoms with van der Waals surface area (Å²) in [4.78, 5) is 0. The average Bonchev–Trinajstić information content (AvgIpc) is 2.07. The van der Waals surface area contributed by atoms with Crippen LogP contribution in [0, 0.1) is 5.82 Å². The molecule has 0 bridgehead atoms. The highest BCUT2D eigenvalue weighted by Gasteiger charge is 2.34. The van der Waals surface area contributed by atoms with Crippen molar-refractivity contribution in [1.29, 1.82) is 0 Å². The maximum atomic E-state index is 13.0. The third-order valence-corrected chi connectivity index (χ3v) is 1.70. The molecule has 1 aromatic carbocycles. The summed E-state index contributed by atoms with van der Waals surface area (Å²) in [6, 6.07) is 2.79. The third-order valence-electron chi connectivity index (χ3n) is 1.70. The van der Waals surface area contributed by atoms with Crippen LogP contribution in [0.5, 0.6) is 0 Å². The molecule has 0 aromatic heterocycles. The predicted molar refractivity (Wildman–Crippen MR) is 42.4 cm³/mol. The number of hydrogen-bond donors (Lipinski definition) is 2. The highest BCUT2D eigenvalue weighted by Crippen LogP contribution is 2.32. The largest absolute Gasteiger partial charge is 0.416 e. The number of hydrogen-bond acceptors (Lipinski definition) is 2. The maximum Gasteiger partial charge on any atom is 0.416 e. The first-order chi connectivity index (χ1) is 6.46. The molecule has 0 aliphatic heterocycles. The Bertz CT molecular complexity index is 322. The van der Waals surface area contributed by atoms with Gasteiger partial charge in [0.15, 0.2) is 0 Å². The molecule has 0 heterocycles. The Morgan fingerprint density at radius 2 is 1.93 bits per heavy atom. The molecule has 6 heteroatoms. The molecule has 2 nitrogen and oxygen atoms in total. The van der Waals surface area contributed by atoms with Gasteiger partial charge in [0.1, 0.15) is 5.82 Å². The smallest absolute Gasteiger partial charge is 0.271 e. The van der Waals surface area contributed by atoms with Crippen molar-refractivity contribution in [2.45, 2.75) is 12.7 Å². The number of rotatable bonds is 2. The number of nitrogens with one attached hydrogen (secondary N) is 1. The van der Waals surface area contributed by atoms with Gasteiger partial charge in [0, 0.05) is 12.1 Å². The fourth-order valence-corrected chi connectivity index (χ4v) is 1.11. The minimum atomic E-state index is -4.56. The lowest BCUT2D eigenvalue weighted by atomic mass is 10.1. The fraction of sp³-hybridized carbons (Fsp3) is 0.250. The van der Waals surface area contributed by atoms with Gasteiger partial charge in [-0.25, -0.2) is 4.39 Å². The maximum absolute atomic E-state index is 13.0. The Kier molecular flexibility index (Phi) is 3.07. The van der Waals surface area contributed by atoms with Crippen LogP contribution in [0.2, 0.25) is 0 Å². The predicted octanol–water partition coefficient (Wildman–Crippen LogP) is 1.81. The minimum absolute atomic E-state index is 0.360. The molecular formula is C8H8F4N2. The van der Waals surface area contributed by atoms with E-state index in [-0.39, 0.29) is 6.54 Å². The van der Waals surface area contributed by atoms with Gasteiger partial charge in [0.05, 0.1) is 5.56 Å². The van der Waals surface area contributed by atoms with E-state index in [1.54, 1.807) is 0 Å². The zero-order chi connectivity index (χ0) is 10.8. The van der Waals surface area contributed by atoms with Crippen LogP contribution in [0.3, 0.4) is 0 Å². The fourth-order valence-electron chi connectivity index (χ4n) is 1.11. The van der Waals surface area contributed by atoms with Gasteiger partial charge in [0.2, 0.25) is 0 Å². The first-order valence-corrected chi connectivity index (χ1v) is 3.75. The first-order valence-electron chi connectivity index (χ1n) is 3.75. The standard InChI is InChI=1S/C8H8F4N2/c9-7-3-1-2-6(8(10,11)12)5(7)4-14-13/h1-3,14H,4,13H2. The Labute approximate surface area is 77.7 Å². The van der Waals surface area contributed by atoms with Gasteiger partial charge in [-0.1, -0.05) is 6.07 Å². The summed E-state index contributed by atoms with van der Waals surface area (Å²) >= 11 is 0. The van der Waals surface area contributed by atoms with E-state index in [0.717, 1.165) is 18.2 Å². The number of nitrogens with two attached hydrogens (primary N) is 1. The lowest BCUT2D eigenvalue weighted by molar-refractivity contribution is -0.138. The Morgan fingerprint density at radius 1 is 1.29 bits per heavy atom. The Hall–Kier alpha value is -1.14. The van der Waals surface area contributed by atoms with Gasteiger partial charge in [-0.3, -0.25) is 11.3 Å². The van der Waals surface area contributed by atoms with E-state index in [2.05, 4.69) is 0 Å². The summed E-state index contributed by atoms with van der Waals surface area (Å²) < 4.78 is 49.9. The average molecular weight is 208 g/mol. The molecule has 0 fully saturated rings. The van der Waals surface area contributed by atoms with Gasteiger partial charge in [0.25, 0.3) is 0 Å². The van der Waals surface area contributed by atoms with Gasteiger partial charge in [-0.15, -0.1) is 0 Å². The van der Waals surface area contributed by atoms with Gasteiger partial charge < -0.3 is 0 Å². The number of halogens is 4. The van der Waals surface area contributed by atoms with Crippen LogP contribution in [0.25, 0.3) is 0 Å². The van der Waals surface area contributed by atoms with Crippen LogP contribution in [-0.2, 0) is 12.7 Å². The number of benzene rings is 1. The first kappa shape index (κ1) is 10.9. The molecule has 0 amide bonds. The molecule has 3 N–H and O–H groups in total. The van der Waals surface area contributed by atoms with Crippen molar-refractivity contribution in [2.24, 2.45) is 5.84 Å². The highest BCUT2D eigenvalue weighted by atomic mass is 19.4. The Morgan fingerprint density at radius 3 is 2.43 bits per heavy atom. The van der Waals surface area contributed by atoms with Crippen molar-refractivity contribution >= 4 is 0 Å². The topological polar surface area (TPSA) is 38.0 Å². The van der Waals surface area contributed by atoms with E-state index in [1.807, 2.05) is 5.43 Å². The molecule has 0 saturated carbocycles. The normalized spacial score (nSPS) is 11.8. The second-order valence-corrected chi connectivity index (χ2v) is 2.64. The van der Waals surface area contributed by atoms with Crippen LogP contribution in [-0.4, -0.2) is 0 Å². The van der Waals surface area contributed by atoms with Crippen molar-refractivity contribution in [3.05, 3.63) is 35.1 Å².